The van der Waals surface area contributed by atoms with Crippen molar-refractivity contribution in [3.8, 4) is 0 Å². The first-order valence-corrected chi connectivity index (χ1v) is 6.37. The van der Waals surface area contributed by atoms with Gasteiger partial charge in [0.2, 0.25) is 0 Å². The standard InChI is InChI=1S/C11H16N2O2S/c1-3-16-8-9(2)12-10-5-4-6-11(7-10)13(14)15/h4-7,9,12H,3,8H2,1-2H3. The average Bonchev–Trinajstić information content (AvgIpc) is 2.26. The first-order valence-electron chi connectivity index (χ1n) is 5.22. The highest BCUT2D eigenvalue weighted by Crippen LogP contribution is 2.18. The lowest BCUT2D eigenvalue weighted by atomic mass is 10.2. The summed E-state index contributed by atoms with van der Waals surface area (Å²) in [6, 6.07) is 6.91. The molecule has 0 aliphatic rings. The SMILES string of the molecule is CCSCC(C)Nc1cccc([N+](=O)[O-])c1. The first kappa shape index (κ1) is 12.8. The number of nitrogens with one attached hydrogen (secondary N) is 1. The predicted molar refractivity (Wildman–Crippen MR) is 69.2 cm³/mol. The second-order valence-electron chi connectivity index (χ2n) is 3.51. The van der Waals surface area contributed by atoms with Crippen LogP contribution in [-0.2, 0) is 0 Å². The molecule has 0 aromatic heterocycles. The molecule has 0 radical (unpaired) electrons. The smallest absolute Gasteiger partial charge is 0.271 e. The summed E-state index contributed by atoms with van der Waals surface area (Å²) in [6.07, 6.45) is 0. The Morgan fingerprint density at radius 1 is 1.56 bits per heavy atom. The van der Waals surface area contributed by atoms with Gasteiger partial charge in [0, 0.05) is 29.6 Å². The van der Waals surface area contributed by atoms with Crippen molar-refractivity contribution in [2.24, 2.45) is 0 Å². The van der Waals surface area contributed by atoms with E-state index in [1.54, 1.807) is 12.1 Å². The van der Waals surface area contributed by atoms with E-state index in [4.69, 9.17) is 0 Å². The molecule has 1 aromatic carbocycles. The van der Waals surface area contributed by atoms with Gasteiger partial charge >= 0.3 is 0 Å². The molecular formula is C11H16N2O2S. The summed E-state index contributed by atoms with van der Waals surface area (Å²) in [5.74, 6) is 2.08. The van der Waals surface area contributed by atoms with Crippen molar-refractivity contribution in [3.05, 3.63) is 34.4 Å². The Kier molecular flexibility index (Phi) is 5.11. The van der Waals surface area contributed by atoms with Crippen LogP contribution in [0.3, 0.4) is 0 Å². The highest BCUT2D eigenvalue weighted by atomic mass is 32.2. The Balaban J connectivity index is 2.59. The first-order chi connectivity index (χ1) is 7.63. The van der Waals surface area contributed by atoms with E-state index in [-0.39, 0.29) is 10.6 Å². The zero-order chi connectivity index (χ0) is 12.0. The quantitative estimate of drug-likeness (QED) is 0.613. The minimum atomic E-state index is -0.378. The van der Waals surface area contributed by atoms with Crippen LogP contribution in [0.15, 0.2) is 24.3 Å². The van der Waals surface area contributed by atoms with Crippen LogP contribution in [0.1, 0.15) is 13.8 Å². The van der Waals surface area contributed by atoms with E-state index in [1.165, 1.54) is 6.07 Å². The van der Waals surface area contributed by atoms with Gasteiger partial charge in [0.05, 0.1) is 4.92 Å². The topological polar surface area (TPSA) is 55.2 Å². The van der Waals surface area contributed by atoms with Crippen LogP contribution in [-0.4, -0.2) is 22.5 Å². The van der Waals surface area contributed by atoms with Gasteiger partial charge in [-0.05, 0) is 18.7 Å². The van der Waals surface area contributed by atoms with Gasteiger partial charge in [0.1, 0.15) is 0 Å². The Morgan fingerprint density at radius 3 is 2.94 bits per heavy atom. The van der Waals surface area contributed by atoms with Crippen LogP contribution in [0.25, 0.3) is 0 Å². The molecule has 4 nitrogen and oxygen atoms in total. The summed E-state index contributed by atoms with van der Waals surface area (Å²) in [4.78, 5) is 10.2. The van der Waals surface area contributed by atoms with Crippen molar-refractivity contribution in [1.29, 1.82) is 0 Å². The molecule has 0 spiro atoms. The van der Waals surface area contributed by atoms with Crippen LogP contribution < -0.4 is 5.32 Å². The summed E-state index contributed by atoms with van der Waals surface area (Å²) in [7, 11) is 0. The molecule has 5 heteroatoms. The van der Waals surface area contributed by atoms with E-state index in [0.29, 0.717) is 6.04 Å². The van der Waals surface area contributed by atoms with Gasteiger partial charge in [-0.1, -0.05) is 13.0 Å². The molecule has 0 saturated heterocycles. The lowest BCUT2D eigenvalue weighted by Crippen LogP contribution is -2.17. The molecule has 88 valence electrons. The maximum Gasteiger partial charge on any atom is 0.271 e. The van der Waals surface area contributed by atoms with E-state index in [1.807, 2.05) is 17.8 Å². The lowest BCUT2D eigenvalue weighted by Gasteiger charge is -2.14. The van der Waals surface area contributed by atoms with Gasteiger partial charge in [0.25, 0.3) is 5.69 Å². The molecule has 1 N–H and O–H groups in total. The fourth-order valence-electron chi connectivity index (χ4n) is 1.33. The van der Waals surface area contributed by atoms with Crippen LogP contribution in [0.2, 0.25) is 0 Å². The molecular weight excluding hydrogens is 224 g/mol. The number of hydrogen-bond donors (Lipinski definition) is 1. The van der Waals surface area contributed by atoms with Crippen molar-refractivity contribution < 1.29 is 4.92 Å². The highest BCUT2D eigenvalue weighted by Gasteiger charge is 2.07. The predicted octanol–water partition coefficient (Wildman–Crippen LogP) is 3.15. The molecule has 0 bridgehead atoms. The second-order valence-corrected chi connectivity index (χ2v) is 4.83. The summed E-state index contributed by atoms with van der Waals surface area (Å²) in [5, 5.41) is 13.8. The molecule has 16 heavy (non-hydrogen) atoms. The molecule has 1 aromatic rings. The van der Waals surface area contributed by atoms with Crippen LogP contribution in [0.5, 0.6) is 0 Å². The second kappa shape index (κ2) is 6.37. The summed E-state index contributed by atoms with van der Waals surface area (Å²) in [5.41, 5.74) is 0.929. The van der Waals surface area contributed by atoms with E-state index in [9.17, 15) is 10.1 Å². The molecule has 0 aliphatic heterocycles. The van der Waals surface area contributed by atoms with E-state index < -0.39 is 0 Å². The lowest BCUT2D eigenvalue weighted by molar-refractivity contribution is -0.384. The van der Waals surface area contributed by atoms with E-state index in [0.717, 1.165) is 17.2 Å². The van der Waals surface area contributed by atoms with Crippen LogP contribution in [0, 0.1) is 10.1 Å². The fraction of sp³-hybridized carbons (Fsp3) is 0.455. The minimum absolute atomic E-state index is 0.125. The number of rotatable bonds is 6. The molecule has 0 saturated carbocycles. The van der Waals surface area contributed by atoms with E-state index >= 15 is 0 Å². The maximum atomic E-state index is 10.6. The van der Waals surface area contributed by atoms with Crippen molar-refractivity contribution >= 4 is 23.1 Å². The van der Waals surface area contributed by atoms with Gasteiger partial charge < -0.3 is 5.32 Å². The van der Waals surface area contributed by atoms with Gasteiger partial charge in [-0.2, -0.15) is 11.8 Å². The van der Waals surface area contributed by atoms with Gasteiger partial charge in [-0.25, -0.2) is 0 Å². The highest BCUT2D eigenvalue weighted by molar-refractivity contribution is 7.99. The molecule has 0 fully saturated rings. The Labute approximate surface area is 99.6 Å². The molecule has 0 amide bonds. The number of benzene rings is 1. The molecule has 1 unspecified atom stereocenters. The number of nitro groups is 1. The summed E-state index contributed by atoms with van der Waals surface area (Å²) >= 11 is 1.85. The van der Waals surface area contributed by atoms with Crippen molar-refractivity contribution in [1.82, 2.24) is 0 Å². The third kappa shape index (κ3) is 4.10. The third-order valence-electron chi connectivity index (χ3n) is 2.04. The van der Waals surface area contributed by atoms with Crippen molar-refractivity contribution in [3.63, 3.8) is 0 Å². The Hall–Kier alpha value is -1.23. The zero-order valence-corrected chi connectivity index (χ0v) is 10.3. The monoisotopic (exact) mass is 240 g/mol. The third-order valence-corrected chi connectivity index (χ3v) is 3.19. The zero-order valence-electron chi connectivity index (χ0n) is 9.47. The van der Waals surface area contributed by atoms with E-state index in [2.05, 4.69) is 19.2 Å². The largest absolute Gasteiger partial charge is 0.382 e. The van der Waals surface area contributed by atoms with Gasteiger partial charge in [-0.15, -0.1) is 0 Å². The molecule has 0 heterocycles. The summed E-state index contributed by atoms with van der Waals surface area (Å²) in [6.45, 7) is 4.19. The average molecular weight is 240 g/mol. The number of thioether (sulfide) groups is 1. The fourth-order valence-corrected chi connectivity index (χ4v) is 2.00. The van der Waals surface area contributed by atoms with Crippen molar-refractivity contribution in [2.45, 2.75) is 19.9 Å². The number of nitro benzene ring substituents is 1. The van der Waals surface area contributed by atoms with Crippen LogP contribution >= 0.6 is 11.8 Å². The van der Waals surface area contributed by atoms with Gasteiger partial charge in [-0.3, -0.25) is 10.1 Å². The minimum Gasteiger partial charge on any atom is -0.382 e. The van der Waals surface area contributed by atoms with Crippen LogP contribution in [0.4, 0.5) is 11.4 Å². The number of hydrogen-bond acceptors (Lipinski definition) is 4. The molecule has 1 atom stereocenters. The summed E-state index contributed by atoms with van der Waals surface area (Å²) < 4.78 is 0. The Bertz CT molecular complexity index is 358. The number of anilines is 1. The Morgan fingerprint density at radius 2 is 2.31 bits per heavy atom. The normalized spacial score (nSPS) is 12.1. The van der Waals surface area contributed by atoms with Gasteiger partial charge in [0.15, 0.2) is 0 Å². The molecule has 0 aliphatic carbocycles. The van der Waals surface area contributed by atoms with Crippen molar-refractivity contribution in [2.75, 3.05) is 16.8 Å². The number of non-ortho nitro benzene ring substituents is 1. The number of nitrogens with zero attached hydrogens (tertiary/aromatic N) is 1. The molecule has 1 rings (SSSR count). The maximum absolute atomic E-state index is 10.6.